The van der Waals surface area contributed by atoms with Gasteiger partial charge in [0.15, 0.2) is 0 Å². The van der Waals surface area contributed by atoms with Gasteiger partial charge in [-0.3, -0.25) is 0 Å². The monoisotopic (exact) mass is 289 g/mol. The Balaban J connectivity index is 2.30. The summed E-state index contributed by atoms with van der Waals surface area (Å²) in [5.41, 5.74) is 11.1. The van der Waals surface area contributed by atoms with Crippen LogP contribution in [0.4, 0.5) is 0 Å². The number of aryl methyl sites for hydroxylation is 1. The molecule has 20 heavy (non-hydrogen) atoms. The first-order valence-corrected chi connectivity index (χ1v) is 7.05. The first kappa shape index (κ1) is 14.9. The van der Waals surface area contributed by atoms with Crippen LogP contribution in [0.1, 0.15) is 28.3 Å². The van der Waals surface area contributed by atoms with Crippen LogP contribution in [-0.2, 0) is 6.42 Å². The SMILES string of the molecule is COc1ccc(Cl)cc1CC(N)c1cccc(C)c1C. The highest BCUT2D eigenvalue weighted by atomic mass is 35.5. The van der Waals surface area contributed by atoms with Gasteiger partial charge in [0.1, 0.15) is 5.75 Å². The second-order valence-electron chi connectivity index (χ2n) is 5.06. The first-order chi connectivity index (χ1) is 9.52. The average Bonchev–Trinajstić information content (AvgIpc) is 2.42. The molecule has 0 saturated carbocycles. The van der Waals surface area contributed by atoms with Crippen LogP contribution in [0.25, 0.3) is 0 Å². The predicted octanol–water partition coefficient (Wildman–Crippen LogP) is 4.21. The molecule has 0 aliphatic carbocycles. The van der Waals surface area contributed by atoms with Crippen molar-refractivity contribution >= 4 is 11.6 Å². The molecule has 2 N–H and O–H groups in total. The quantitative estimate of drug-likeness (QED) is 0.915. The van der Waals surface area contributed by atoms with Crippen molar-refractivity contribution in [3.63, 3.8) is 0 Å². The first-order valence-electron chi connectivity index (χ1n) is 6.67. The average molecular weight is 290 g/mol. The van der Waals surface area contributed by atoms with Gasteiger partial charge in [-0.1, -0.05) is 29.8 Å². The Hall–Kier alpha value is -1.51. The zero-order valence-electron chi connectivity index (χ0n) is 12.1. The Morgan fingerprint density at radius 1 is 1.20 bits per heavy atom. The van der Waals surface area contributed by atoms with E-state index in [0.717, 1.165) is 11.3 Å². The van der Waals surface area contributed by atoms with E-state index in [1.807, 2.05) is 24.3 Å². The molecule has 2 aromatic rings. The maximum absolute atomic E-state index is 6.37. The molecule has 0 aliphatic rings. The second kappa shape index (κ2) is 6.29. The standard InChI is InChI=1S/C17H20ClNO/c1-11-5-4-6-15(12(11)2)16(19)10-13-9-14(18)7-8-17(13)20-3/h4-9,16H,10,19H2,1-3H3. The molecule has 1 unspecified atom stereocenters. The number of halogens is 1. The predicted molar refractivity (Wildman–Crippen MR) is 84.6 cm³/mol. The molecule has 2 rings (SSSR count). The van der Waals surface area contributed by atoms with E-state index in [9.17, 15) is 0 Å². The normalized spacial score (nSPS) is 12.2. The van der Waals surface area contributed by atoms with Gasteiger partial charge in [-0.05, 0) is 60.7 Å². The van der Waals surface area contributed by atoms with Gasteiger partial charge >= 0.3 is 0 Å². The summed E-state index contributed by atoms with van der Waals surface area (Å²) in [6, 6.07) is 11.8. The molecule has 0 fully saturated rings. The Morgan fingerprint density at radius 2 is 1.95 bits per heavy atom. The van der Waals surface area contributed by atoms with Crippen LogP contribution in [0.3, 0.4) is 0 Å². The molecule has 0 radical (unpaired) electrons. The third kappa shape index (κ3) is 3.14. The van der Waals surface area contributed by atoms with Crippen LogP contribution < -0.4 is 10.5 Å². The lowest BCUT2D eigenvalue weighted by atomic mass is 9.93. The number of ether oxygens (including phenoxy) is 1. The lowest BCUT2D eigenvalue weighted by Crippen LogP contribution is -2.15. The van der Waals surface area contributed by atoms with Crippen LogP contribution >= 0.6 is 11.6 Å². The summed E-state index contributed by atoms with van der Waals surface area (Å²) in [4.78, 5) is 0. The summed E-state index contributed by atoms with van der Waals surface area (Å²) in [7, 11) is 1.66. The lowest BCUT2D eigenvalue weighted by Gasteiger charge is -2.18. The van der Waals surface area contributed by atoms with Crippen molar-refractivity contribution in [3.8, 4) is 5.75 Å². The molecule has 2 nitrogen and oxygen atoms in total. The van der Waals surface area contributed by atoms with E-state index in [-0.39, 0.29) is 6.04 Å². The van der Waals surface area contributed by atoms with Crippen molar-refractivity contribution < 1.29 is 4.74 Å². The van der Waals surface area contributed by atoms with Gasteiger partial charge in [0.2, 0.25) is 0 Å². The number of nitrogens with two attached hydrogens (primary N) is 1. The molecule has 1 atom stereocenters. The van der Waals surface area contributed by atoms with E-state index < -0.39 is 0 Å². The fourth-order valence-electron chi connectivity index (χ4n) is 2.43. The van der Waals surface area contributed by atoms with E-state index >= 15 is 0 Å². The molecule has 0 heterocycles. The van der Waals surface area contributed by atoms with Gasteiger partial charge in [-0.25, -0.2) is 0 Å². The number of benzene rings is 2. The van der Waals surface area contributed by atoms with Gasteiger partial charge in [0.25, 0.3) is 0 Å². The Kier molecular flexibility index (Phi) is 4.69. The summed E-state index contributed by atoms with van der Waals surface area (Å²) in [6.07, 6.45) is 0.702. The highest BCUT2D eigenvalue weighted by Gasteiger charge is 2.14. The van der Waals surface area contributed by atoms with Gasteiger partial charge in [-0.15, -0.1) is 0 Å². The Labute approximate surface area is 125 Å². The lowest BCUT2D eigenvalue weighted by molar-refractivity contribution is 0.408. The minimum atomic E-state index is -0.0673. The van der Waals surface area contributed by atoms with Crippen molar-refractivity contribution in [2.45, 2.75) is 26.3 Å². The zero-order valence-corrected chi connectivity index (χ0v) is 12.9. The number of hydrogen-bond acceptors (Lipinski definition) is 2. The summed E-state index contributed by atoms with van der Waals surface area (Å²) >= 11 is 6.06. The van der Waals surface area contributed by atoms with Gasteiger partial charge < -0.3 is 10.5 Å². The molecule has 0 bridgehead atoms. The van der Waals surface area contributed by atoms with Crippen LogP contribution in [0, 0.1) is 13.8 Å². The summed E-state index contributed by atoms with van der Waals surface area (Å²) in [5.74, 6) is 0.829. The fourth-order valence-corrected chi connectivity index (χ4v) is 2.62. The van der Waals surface area contributed by atoms with Crippen molar-refractivity contribution in [1.82, 2.24) is 0 Å². The van der Waals surface area contributed by atoms with Crippen molar-refractivity contribution in [3.05, 3.63) is 63.7 Å². The third-order valence-corrected chi connectivity index (χ3v) is 3.96. The molecule has 0 amide bonds. The molecule has 0 aromatic heterocycles. The van der Waals surface area contributed by atoms with Gasteiger partial charge in [0.05, 0.1) is 7.11 Å². The second-order valence-corrected chi connectivity index (χ2v) is 5.49. The minimum absolute atomic E-state index is 0.0673. The maximum Gasteiger partial charge on any atom is 0.122 e. The van der Waals surface area contributed by atoms with E-state index in [1.54, 1.807) is 7.11 Å². The van der Waals surface area contributed by atoms with E-state index in [0.29, 0.717) is 11.4 Å². The van der Waals surface area contributed by atoms with Crippen LogP contribution in [-0.4, -0.2) is 7.11 Å². The Morgan fingerprint density at radius 3 is 2.65 bits per heavy atom. The number of methoxy groups -OCH3 is 1. The molecule has 2 aromatic carbocycles. The highest BCUT2D eigenvalue weighted by Crippen LogP contribution is 2.28. The van der Waals surface area contributed by atoms with Gasteiger partial charge in [-0.2, -0.15) is 0 Å². The van der Waals surface area contributed by atoms with Crippen molar-refractivity contribution in [1.29, 1.82) is 0 Å². The van der Waals surface area contributed by atoms with E-state index in [4.69, 9.17) is 22.1 Å². The number of rotatable bonds is 4. The minimum Gasteiger partial charge on any atom is -0.496 e. The summed E-state index contributed by atoms with van der Waals surface area (Å²) in [5, 5.41) is 0.703. The van der Waals surface area contributed by atoms with E-state index in [2.05, 4.69) is 26.0 Å². The van der Waals surface area contributed by atoms with Crippen LogP contribution in [0.2, 0.25) is 5.02 Å². The molecule has 0 spiro atoms. The molecule has 106 valence electrons. The van der Waals surface area contributed by atoms with Crippen molar-refractivity contribution in [2.75, 3.05) is 7.11 Å². The number of hydrogen-bond donors (Lipinski definition) is 1. The molecule has 0 saturated heterocycles. The van der Waals surface area contributed by atoms with Crippen LogP contribution in [0.5, 0.6) is 5.75 Å². The van der Waals surface area contributed by atoms with Crippen LogP contribution in [0.15, 0.2) is 36.4 Å². The highest BCUT2D eigenvalue weighted by molar-refractivity contribution is 6.30. The molecule has 3 heteroatoms. The molecular formula is C17H20ClNO. The molecular weight excluding hydrogens is 270 g/mol. The van der Waals surface area contributed by atoms with Crippen molar-refractivity contribution in [2.24, 2.45) is 5.73 Å². The Bertz CT molecular complexity index is 610. The summed E-state index contributed by atoms with van der Waals surface area (Å²) < 4.78 is 5.38. The topological polar surface area (TPSA) is 35.2 Å². The summed E-state index contributed by atoms with van der Waals surface area (Å²) in [6.45, 7) is 4.21. The largest absolute Gasteiger partial charge is 0.496 e. The fraction of sp³-hybridized carbons (Fsp3) is 0.294. The molecule has 0 aliphatic heterocycles. The third-order valence-electron chi connectivity index (χ3n) is 3.73. The smallest absolute Gasteiger partial charge is 0.122 e. The zero-order chi connectivity index (χ0) is 14.7. The maximum atomic E-state index is 6.37. The van der Waals surface area contributed by atoms with E-state index in [1.165, 1.54) is 16.7 Å². The van der Waals surface area contributed by atoms with Gasteiger partial charge in [0, 0.05) is 11.1 Å².